The second-order valence-corrected chi connectivity index (χ2v) is 15.6. The molecular weight excluding hydrogens is 862 g/mol. The maximum Gasteiger partial charge on any atom is 0.416 e. The molecule has 21 heteroatoms. The van der Waals surface area contributed by atoms with E-state index in [4.69, 9.17) is 0 Å². The van der Waals surface area contributed by atoms with Crippen molar-refractivity contribution in [3.8, 4) is 11.1 Å². The van der Waals surface area contributed by atoms with Gasteiger partial charge in [0.25, 0.3) is 11.8 Å². The largest absolute Gasteiger partial charge is 0.480 e. The van der Waals surface area contributed by atoms with Gasteiger partial charge in [0.1, 0.15) is 24.2 Å². The molecule has 2 amide bonds. The number of amides is 2. The van der Waals surface area contributed by atoms with Crippen LogP contribution in [0.25, 0.3) is 11.1 Å². The zero-order valence-corrected chi connectivity index (χ0v) is 34.9. The highest BCUT2D eigenvalue weighted by Crippen LogP contribution is 2.39. The highest BCUT2D eigenvalue weighted by molar-refractivity contribution is 6.24. The van der Waals surface area contributed by atoms with E-state index in [0.29, 0.717) is 27.8 Å². The third-order valence-electron chi connectivity index (χ3n) is 9.69. The number of halogens is 6. The van der Waals surface area contributed by atoms with Crippen molar-refractivity contribution in [1.29, 1.82) is 0 Å². The lowest BCUT2D eigenvalue weighted by molar-refractivity contribution is -0.144. The highest BCUT2D eigenvalue weighted by Gasteiger charge is 2.38. The van der Waals surface area contributed by atoms with Crippen molar-refractivity contribution in [2.75, 3.05) is 13.1 Å². The molecule has 1 aliphatic carbocycles. The summed E-state index contributed by atoms with van der Waals surface area (Å²) in [5, 5.41) is 47.1. The Morgan fingerprint density at radius 1 is 0.547 bits per heavy atom. The number of ketones is 1. The van der Waals surface area contributed by atoms with E-state index in [0.717, 1.165) is 0 Å². The molecule has 0 spiro atoms. The number of fused-ring (bicyclic) bond motifs is 3. The number of rotatable bonds is 20. The maximum atomic E-state index is 12.9. The van der Waals surface area contributed by atoms with E-state index < -0.39 is 95.4 Å². The number of hydrogen-bond acceptors (Lipinski definition) is 9. The Labute approximate surface area is 362 Å². The summed E-state index contributed by atoms with van der Waals surface area (Å²) in [5.41, 5.74) is -1.63. The monoisotopic (exact) mass is 910 g/mol. The molecular formula is C43H48F6N4O11. The normalized spacial score (nSPS) is 14.0. The van der Waals surface area contributed by atoms with Crippen LogP contribution in [0.2, 0.25) is 0 Å². The Morgan fingerprint density at radius 2 is 0.953 bits per heavy atom. The van der Waals surface area contributed by atoms with Crippen molar-refractivity contribution in [3.63, 3.8) is 0 Å². The van der Waals surface area contributed by atoms with Gasteiger partial charge in [0, 0.05) is 40.9 Å². The molecule has 0 bridgehead atoms. The smallest absolute Gasteiger partial charge is 0.416 e. The second kappa shape index (κ2) is 22.3. The highest BCUT2D eigenvalue weighted by atomic mass is 19.4. The molecule has 0 fully saturated rings. The molecule has 3 aromatic carbocycles. The van der Waals surface area contributed by atoms with Gasteiger partial charge in [-0.05, 0) is 67.3 Å². The van der Waals surface area contributed by atoms with E-state index in [1.165, 1.54) is 0 Å². The molecule has 0 saturated heterocycles. The molecule has 0 aliphatic heterocycles. The summed E-state index contributed by atoms with van der Waals surface area (Å²) in [6.45, 7) is 6.73. The number of alkyl halides is 6. The number of hydrogen-bond donors (Lipinski definition) is 8. The van der Waals surface area contributed by atoms with E-state index in [1.807, 2.05) is 13.8 Å². The summed E-state index contributed by atoms with van der Waals surface area (Å²) >= 11 is 0. The molecule has 4 rings (SSSR count). The minimum absolute atomic E-state index is 0.00743. The minimum atomic E-state index is -5.13. The number of benzene rings is 3. The van der Waals surface area contributed by atoms with Crippen molar-refractivity contribution in [2.24, 2.45) is 11.8 Å². The van der Waals surface area contributed by atoms with Gasteiger partial charge >= 0.3 is 36.2 Å². The summed E-state index contributed by atoms with van der Waals surface area (Å²) in [6.07, 6.45) is -10.2. The van der Waals surface area contributed by atoms with Gasteiger partial charge in [-0.25, -0.2) is 0 Å². The number of carboxylic acids is 4. The van der Waals surface area contributed by atoms with E-state index in [9.17, 15) is 80.3 Å². The molecule has 0 radical (unpaired) electrons. The van der Waals surface area contributed by atoms with Crippen LogP contribution in [0, 0.1) is 11.8 Å². The molecule has 348 valence electrons. The molecule has 4 atom stereocenters. The Morgan fingerprint density at radius 3 is 1.36 bits per heavy atom. The van der Waals surface area contributed by atoms with Gasteiger partial charge in [-0.1, -0.05) is 64.1 Å². The maximum absolute atomic E-state index is 12.9. The predicted octanol–water partition coefficient (Wildman–Crippen LogP) is 5.95. The van der Waals surface area contributed by atoms with Crippen LogP contribution in [-0.2, 0) is 31.5 Å². The first-order valence-corrected chi connectivity index (χ1v) is 19.8. The number of carbonyl (C=O) groups excluding carboxylic acids is 3. The summed E-state index contributed by atoms with van der Waals surface area (Å²) in [5.74, 6) is -6.87. The number of carboxylic acid groups (broad SMARTS) is 4. The van der Waals surface area contributed by atoms with Gasteiger partial charge in [0.2, 0.25) is 0 Å². The summed E-state index contributed by atoms with van der Waals surface area (Å²) in [4.78, 5) is 83.3. The van der Waals surface area contributed by atoms with Crippen LogP contribution in [0.15, 0.2) is 60.7 Å². The predicted molar refractivity (Wildman–Crippen MR) is 217 cm³/mol. The fourth-order valence-electron chi connectivity index (χ4n) is 6.67. The molecule has 1 aliphatic rings. The molecule has 0 saturated carbocycles. The van der Waals surface area contributed by atoms with Crippen molar-refractivity contribution >= 4 is 41.5 Å². The Hall–Kier alpha value is -6.35. The van der Waals surface area contributed by atoms with Crippen molar-refractivity contribution in [2.45, 2.75) is 89.9 Å². The Balaban J connectivity index is 0.000000340. The summed E-state index contributed by atoms with van der Waals surface area (Å²) in [6, 6.07) is 7.65. The zero-order chi connectivity index (χ0) is 48.3. The van der Waals surface area contributed by atoms with E-state index in [1.54, 1.807) is 56.3 Å². The minimum Gasteiger partial charge on any atom is -0.480 e. The molecule has 15 nitrogen and oxygen atoms in total. The number of nitrogens with one attached hydrogen (secondary N) is 4. The van der Waals surface area contributed by atoms with Gasteiger partial charge in [0.05, 0.1) is 11.1 Å². The average Bonchev–Trinajstić information content (AvgIpc) is 3.49. The molecule has 3 aromatic rings. The fourth-order valence-corrected chi connectivity index (χ4v) is 6.67. The first-order chi connectivity index (χ1) is 29.7. The van der Waals surface area contributed by atoms with Gasteiger partial charge in [-0.3, -0.25) is 44.2 Å². The van der Waals surface area contributed by atoms with Crippen LogP contribution in [0.5, 0.6) is 0 Å². The third-order valence-corrected chi connectivity index (χ3v) is 9.69. The van der Waals surface area contributed by atoms with Gasteiger partial charge in [-0.2, -0.15) is 26.3 Å². The molecule has 8 N–H and O–H groups in total. The van der Waals surface area contributed by atoms with Gasteiger partial charge in [-0.15, -0.1) is 0 Å². The van der Waals surface area contributed by atoms with Crippen molar-refractivity contribution in [1.82, 2.24) is 21.3 Å². The lowest BCUT2D eigenvalue weighted by Gasteiger charge is -2.22. The zero-order valence-electron chi connectivity index (χ0n) is 34.9. The first-order valence-electron chi connectivity index (χ1n) is 19.8. The molecule has 0 heterocycles. The lowest BCUT2D eigenvalue weighted by atomic mass is 9.99. The standard InChI is InChI=1S/C24H26N2O6.C19H22F6N2O5/c1-13(2)12-19(24(31)32)26-18(23(29)30)10-11-25-22(28)17-9-5-8-16-20(17)14-6-3-4-7-15(14)21(16)27;1-9(2)5-14(17(31)32)27-13(16(29)30)3-4-26-15(28)10-6-11(18(20,21)22)8-12(7-10)19(23,24)25/h3-9,13,18-19,26H,10-12H2,1-2H3,(H,25,28)(H,29,30)(H,31,32);6-9,13-14,27H,3-5H2,1-2H3,(H,26,28)(H,29,30)(H,31,32)/t18-,19-;13-,14-/m00/s1. The van der Waals surface area contributed by atoms with Crippen LogP contribution in [-0.4, -0.2) is 99.2 Å². The first kappa shape index (κ1) is 52.0. The van der Waals surface area contributed by atoms with Crippen LogP contribution in [0.3, 0.4) is 0 Å². The van der Waals surface area contributed by atoms with Gasteiger partial charge in [0.15, 0.2) is 5.78 Å². The van der Waals surface area contributed by atoms with Crippen molar-refractivity contribution in [3.05, 3.63) is 94.0 Å². The molecule has 0 unspecified atom stereocenters. The van der Waals surface area contributed by atoms with Crippen LogP contribution < -0.4 is 21.3 Å². The molecule has 64 heavy (non-hydrogen) atoms. The van der Waals surface area contributed by atoms with Crippen LogP contribution >= 0.6 is 0 Å². The Bertz CT molecular complexity index is 2180. The van der Waals surface area contributed by atoms with Crippen LogP contribution in [0.4, 0.5) is 26.3 Å². The quantitative estimate of drug-likeness (QED) is 0.0479. The van der Waals surface area contributed by atoms with Crippen LogP contribution in [0.1, 0.15) is 101 Å². The van der Waals surface area contributed by atoms with Gasteiger partial charge < -0.3 is 31.1 Å². The topological polar surface area (TPSA) is 249 Å². The average molecular weight is 911 g/mol. The molecule has 0 aromatic heterocycles. The SMILES string of the molecule is CC(C)C[C@H](N[C@@H](CCNC(=O)c1cc(C(F)(F)F)cc(C(F)(F)F)c1)C(=O)O)C(=O)O.CC(C)C[C@H](N[C@@H](CCNC(=O)c1cccc2c1-c1ccccc1C2=O)C(=O)O)C(=O)O. The number of carbonyl (C=O) groups is 7. The fraction of sp³-hybridized carbons (Fsp3) is 0.419. The van der Waals surface area contributed by atoms with Crippen molar-refractivity contribution < 1.29 is 80.3 Å². The number of aliphatic carboxylic acids is 4. The third kappa shape index (κ3) is 14.6. The Kier molecular flexibility index (Phi) is 18.1. The van der Waals surface area contributed by atoms with E-state index >= 15 is 0 Å². The summed E-state index contributed by atoms with van der Waals surface area (Å²) in [7, 11) is 0. The van der Waals surface area contributed by atoms with E-state index in [2.05, 4.69) is 21.3 Å². The summed E-state index contributed by atoms with van der Waals surface area (Å²) < 4.78 is 77.4. The van der Waals surface area contributed by atoms with E-state index in [-0.39, 0.29) is 68.0 Å². The second-order valence-electron chi connectivity index (χ2n) is 15.6. The lowest BCUT2D eigenvalue weighted by Crippen LogP contribution is -2.49.